The molecule has 2 aromatic rings. The maximum atomic E-state index is 9.87. The van der Waals surface area contributed by atoms with E-state index in [0.717, 1.165) is 34.3 Å². The molecule has 1 unspecified atom stereocenters. The van der Waals surface area contributed by atoms with Crippen LogP contribution in [0, 0.1) is 36.5 Å². The maximum absolute atomic E-state index is 9.87. The number of aryl methyl sites for hydroxylation is 1. The number of allylic oxidation sites excluding steroid dienone is 3. The van der Waals surface area contributed by atoms with Crippen LogP contribution in [0.5, 0.6) is 0 Å². The molecule has 5 heteroatoms. The van der Waals surface area contributed by atoms with E-state index in [0.29, 0.717) is 28.8 Å². The molecule has 1 aromatic heterocycles. The second-order valence-electron chi connectivity index (χ2n) is 10.7. The van der Waals surface area contributed by atoms with Crippen molar-refractivity contribution in [2.45, 2.75) is 79.3 Å². The zero-order valence-electron chi connectivity index (χ0n) is 21.5. The Morgan fingerprint density at radius 2 is 1.85 bits per heavy atom. The van der Waals surface area contributed by atoms with Crippen molar-refractivity contribution in [3.8, 4) is 12.1 Å². The molecule has 0 bridgehead atoms. The van der Waals surface area contributed by atoms with Crippen molar-refractivity contribution >= 4 is 28.7 Å². The molecule has 1 aliphatic carbocycles. The van der Waals surface area contributed by atoms with E-state index >= 15 is 0 Å². The first-order valence-corrected chi connectivity index (χ1v) is 11.9. The molecule has 174 valence electrons. The van der Waals surface area contributed by atoms with Gasteiger partial charge in [0, 0.05) is 22.8 Å². The average Bonchev–Trinajstić information content (AvgIpc) is 2.99. The Morgan fingerprint density at radius 3 is 2.44 bits per heavy atom. The molecule has 0 saturated carbocycles. The number of nitrogens with two attached hydrogens (primary N) is 1. The number of fused-ring (bicyclic) bond motifs is 2. The van der Waals surface area contributed by atoms with E-state index in [1.807, 2.05) is 13.8 Å². The van der Waals surface area contributed by atoms with Crippen LogP contribution in [0.3, 0.4) is 0 Å². The van der Waals surface area contributed by atoms with E-state index in [-0.39, 0.29) is 11.4 Å². The summed E-state index contributed by atoms with van der Waals surface area (Å²) in [6, 6.07) is 9.52. The highest BCUT2D eigenvalue weighted by Gasteiger charge is 2.38. The van der Waals surface area contributed by atoms with Crippen molar-refractivity contribution in [3.63, 3.8) is 0 Å². The van der Waals surface area contributed by atoms with Crippen LogP contribution in [-0.4, -0.2) is 16.6 Å². The van der Waals surface area contributed by atoms with E-state index in [2.05, 4.69) is 81.8 Å². The van der Waals surface area contributed by atoms with Gasteiger partial charge >= 0.3 is 0 Å². The fourth-order valence-corrected chi connectivity index (χ4v) is 6.10. The Hall–Kier alpha value is -3.57. The molecule has 1 aromatic carbocycles. The number of rotatable bonds is 2. The van der Waals surface area contributed by atoms with Crippen LogP contribution in [-0.2, 0) is 0 Å². The minimum Gasteiger partial charge on any atom is -0.383 e. The third-order valence-corrected chi connectivity index (χ3v) is 7.46. The zero-order valence-corrected chi connectivity index (χ0v) is 21.5. The Balaban J connectivity index is 1.96. The Kier molecular flexibility index (Phi) is 5.57. The number of pyridine rings is 1. The summed E-state index contributed by atoms with van der Waals surface area (Å²) in [5.41, 5.74) is 16.0. The first-order valence-electron chi connectivity index (χ1n) is 11.9. The van der Waals surface area contributed by atoms with Gasteiger partial charge in [-0.2, -0.15) is 10.5 Å². The lowest BCUT2D eigenvalue weighted by molar-refractivity contribution is 0.356. The predicted molar refractivity (Wildman–Crippen MR) is 140 cm³/mol. The van der Waals surface area contributed by atoms with E-state index in [1.165, 1.54) is 16.8 Å². The molecule has 0 fully saturated rings. The van der Waals surface area contributed by atoms with Gasteiger partial charge in [0.05, 0.1) is 16.8 Å². The minimum atomic E-state index is 0.0921. The molecule has 4 rings (SSSR count). The number of aromatic nitrogens is 1. The quantitative estimate of drug-likeness (QED) is 0.562. The second kappa shape index (κ2) is 8.03. The van der Waals surface area contributed by atoms with E-state index in [1.54, 1.807) is 0 Å². The number of hydrogen-bond acceptors (Lipinski definition) is 5. The lowest BCUT2D eigenvalue weighted by atomic mass is 9.78. The number of anilines is 2. The molecule has 1 atom stereocenters. The summed E-state index contributed by atoms with van der Waals surface area (Å²) in [6.45, 7) is 17.5. The highest BCUT2D eigenvalue weighted by Crippen LogP contribution is 2.47. The molecule has 0 amide bonds. The molecule has 2 N–H and O–H groups in total. The van der Waals surface area contributed by atoms with Crippen molar-refractivity contribution in [2.75, 3.05) is 10.6 Å². The molecule has 5 nitrogen and oxygen atoms in total. The largest absolute Gasteiger partial charge is 0.383 e. The summed E-state index contributed by atoms with van der Waals surface area (Å²) < 4.78 is 0. The summed E-state index contributed by atoms with van der Waals surface area (Å²) in [7, 11) is 0. The molecule has 0 spiro atoms. The molecule has 2 heterocycles. The standard InChI is InChI=1S/C29H33N5/c1-15(2)34-25-9-16(3)20(10-21(25)17(4)12-29(34,7)8)11-22-18(5)23(13-30)27-26(22)19(6)24(14-31)28(32)33-27/h9-11,15,17H,12H2,1-8H3,(H2,32,33)/b22-11-. The summed E-state index contributed by atoms with van der Waals surface area (Å²) >= 11 is 0. The molecule has 2 aliphatic rings. The molecule has 34 heavy (non-hydrogen) atoms. The molecular formula is C29H33N5. The number of benzene rings is 1. The van der Waals surface area contributed by atoms with Crippen LogP contribution in [0.1, 0.15) is 93.0 Å². The van der Waals surface area contributed by atoms with Gasteiger partial charge in [0.2, 0.25) is 0 Å². The number of nitrogen functional groups attached to an aromatic ring is 1. The predicted octanol–water partition coefficient (Wildman–Crippen LogP) is 6.50. The van der Waals surface area contributed by atoms with Gasteiger partial charge in [-0.3, -0.25) is 0 Å². The lowest BCUT2D eigenvalue weighted by Gasteiger charge is -2.50. The Labute approximate surface area is 203 Å². The van der Waals surface area contributed by atoms with Crippen molar-refractivity contribution in [1.82, 2.24) is 4.98 Å². The van der Waals surface area contributed by atoms with Gasteiger partial charge in [0.15, 0.2) is 0 Å². The van der Waals surface area contributed by atoms with Gasteiger partial charge < -0.3 is 10.6 Å². The maximum Gasteiger partial charge on any atom is 0.142 e. The van der Waals surface area contributed by atoms with E-state index < -0.39 is 0 Å². The zero-order chi connectivity index (χ0) is 25.1. The highest BCUT2D eigenvalue weighted by atomic mass is 15.2. The van der Waals surface area contributed by atoms with Crippen LogP contribution in [0.25, 0.3) is 17.2 Å². The van der Waals surface area contributed by atoms with Crippen LogP contribution in [0.2, 0.25) is 0 Å². The normalized spacial score (nSPS) is 19.8. The lowest BCUT2D eigenvalue weighted by Crippen LogP contribution is -2.51. The van der Waals surface area contributed by atoms with Gasteiger partial charge in [-0.25, -0.2) is 4.98 Å². The van der Waals surface area contributed by atoms with Gasteiger partial charge in [-0.1, -0.05) is 6.92 Å². The van der Waals surface area contributed by atoms with Gasteiger partial charge in [0.25, 0.3) is 0 Å². The topological polar surface area (TPSA) is 89.7 Å². The van der Waals surface area contributed by atoms with Gasteiger partial charge in [-0.15, -0.1) is 0 Å². The summed E-state index contributed by atoms with van der Waals surface area (Å²) in [4.78, 5) is 7.01. The van der Waals surface area contributed by atoms with Crippen LogP contribution < -0.4 is 10.6 Å². The van der Waals surface area contributed by atoms with Crippen molar-refractivity contribution in [1.29, 1.82) is 10.5 Å². The molecule has 0 saturated heterocycles. The van der Waals surface area contributed by atoms with Crippen LogP contribution in [0.4, 0.5) is 11.5 Å². The number of hydrogen-bond donors (Lipinski definition) is 1. The van der Waals surface area contributed by atoms with Gasteiger partial charge in [-0.05, 0) is 112 Å². The summed E-state index contributed by atoms with van der Waals surface area (Å²) in [5, 5.41) is 19.5. The second-order valence-corrected chi connectivity index (χ2v) is 10.7. The fraction of sp³-hybridized carbons (Fsp3) is 0.414. The summed E-state index contributed by atoms with van der Waals surface area (Å²) in [6.07, 6.45) is 3.25. The Bertz CT molecular complexity index is 1360. The number of nitriles is 2. The van der Waals surface area contributed by atoms with Crippen molar-refractivity contribution in [2.24, 2.45) is 0 Å². The smallest absolute Gasteiger partial charge is 0.142 e. The van der Waals surface area contributed by atoms with Crippen LogP contribution >= 0.6 is 0 Å². The molecule has 0 radical (unpaired) electrons. The highest BCUT2D eigenvalue weighted by molar-refractivity contribution is 6.09. The first kappa shape index (κ1) is 23.6. The summed E-state index contributed by atoms with van der Waals surface area (Å²) in [5.74, 6) is 0.615. The van der Waals surface area contributed by atoms with Crippen molar-refractivity contribution < 1.29 is 0 Å². The van der Waals surface area contributed by atoms with Crippen LogP contribution in [0.15, 0.2) is 17.7 Å². The third kappa shape index (κ3) is 3.39. The fourth-order valence-electron chi connectivity index (χ4n) is 6.10. The Morgan fingerprint density at radius 1 is 1.18 bits per heavy atom. The van der Waals surface area contributed by atoms with E-state index in [4.69, 9.17) is 5.73 Å². The van der Waals surface area contributed by atoms with Crippen molar-refractivity contribution in [3.05, 3.63) is 56.8 Å². The SMILES string of the molecule is CC1=C(C#N)c2nc(N)c(C#N)c(C)c2/C1=C\c1cc2c(cc1C)N(C(C)C)C(C)(C)CC2C. The molecule has 1 aliphatic heterocycles. The monoisotopic (exact) mass is 451 g/mol. The first-order chi connectivity index (χ1) is 15.9. The van der Waals surface area contributed by atoms with E-state index in [9.17, 15) is 10.5 Å². The average molecular weight is 452 g/mol. The molecular weight excluding hydrogens is 418 g/mol. The van der Waals surface area contributed by atoms with Gasteiger partial charge in [0.1, 0.15) is 18.0 Å². The third-order valence-electron chi connectivity index (χ3n) is 7.46. The minimum absolute atomic E-state index is 0.0921. The number of nitrogens with zero attached hydrogens (tertiary/aromatic N) is 4.